The Morgan fingerprint density at radius 2 is 1.04 bits per heavy atom. The summed E-state index contributed by atoms with van der Waals surface area (Å²) in [4.78, 5) is 5.06. The molecule has 2 aliphatic heterocycles. The second kappa shape index (κ2) is 8.43. The van der Waals surface area contributed by atoms with Gasteiger partial charge in [-0.05, 0) is 104 Å². The van der Waals surface area contributed by atoms with E-state index in [1.807, 2.05) is 0 Å². The van der Waals surface area contributed by atoms with Crippen LogP contribution in [0.1, 0.15) is 60.8 Å². The molecule has 0 N–H and O–H groups in total. The van der Waals surface area contributed by atoms with E-state index >= 15 is 0 Å². The van der Waals surface area contributed by atoms with E-state index in [4.69, 9.17) is 0 Å². The molecule has 2 heteroatoms. The Labute approximate surface area is 170 Å². The molecular weight excluding hydrogens is 340 g/mol. The lowest BCUT2D eigenvalue weighted by Gasteiger charge is -2.30. The summed E-state index contributed by atoms with van der Waals surface area (Å²) in [7, 11) is 0. The van der Waals surface area contributed by atoms with Gasteiger partial charge in [-0.25, -0.2) is 0 Å². The summed E-state index contributed by atoms with van der Waals surface area (Å²) in [5, 5.41) is 0. The van der Waals surface area contributed by atoms with Gasteiger partial charge in [0.25, 0.3) is 0 Å². The molecule has 4 rings (SSSR count). The van der Waals surface area contributed by atoms with Crippen LogP contribution in [0.4, 0.5) is 11.4 Å². The number of hydrogen-bond donors (Lipinski definition) is 0. The molecule has 0 radical (unpaired) electrons. The first-order valence-electron chi connectivity index (χ1n) is 11.0. The predicted octanol–water partition coefficient (Wildman–Crippen LogP) is 6.35. The van der Waals surface area contributed by atoms with E-state index in [-0.39, 0.29) is 0 Å². The van der Waals surface area contributed by atoms with Crippen LogP contribution in [-0.2, 0) is 0 Å². The summed E-state index contributed by atoms with van der Waals surface area (Å²) in [5.41, 5.74) is 9.08. The quantitative estimate of drug-likeness (QED) is 0.615. The van der Waals surface area contributed by atoms with E-state index in [9.17, 15) is 0 Å². The van der Waals surface area contributed by atoms with Crippen LogP contribution in [0.2, 0.25) is 0 Å². The molecule has 2 aliphatic rings. The number of anilines is 2. The third kappa shape index (κ3) is 3.97. The average molecular weight is 375 g/mol. The molecule has 0 aromatic heterocycles. The Kier molecular flexibility index (Phi) is 5.75. The fourth-order valence-corrected chi connectivity index (χ4v) is 4.82. The lowest BCUT2D eigenvalue weighted by atomic mass is 9.92. The van der Waals surface area contributed by atoms with Crippen molar-refractivity contribution in [2.24, 2.45) is 0 Å². The predicted molar refractivity (Wildman–Crippen MR) is 123 cm³/mol. The van der Waals surface area contributed by atoms with Crippen molar-refractivity contribution in [3.8, 4) is 0 Å². The van der Waals surface area contributed by atoms with Crippen molar-refractivity contribution in [3.05, 3.63) is 65.2 Å². The summed E-state index contributed by atoms with van der Waals surface area (Å²) in [6, 6.07) is 13.8. The maximum atomic E-state index is 4.47. The number of piperidine rings is 2. The van der Waals surface area contributed by atoms with E-state index in [1.54, 1.807) is 0 Å². The highest BCUT2D eigenvalue weighted by Crippen LogP contribution is 2.32. The van der Waals surface area contributed by atoms with E-state index in [2.05, 4.69) is 66.6 Å². The first-order chi connectivity index (χ1) is 13.6. The topological polar surface area (TPSA) is 6.48 Å². The maximum Gasteiger partial charge on any atom is 0.0369 e. The Hall–Kier alpha value is -2.22. The molecule has 2 aromatic rings. The SMILES string of the molecule is C=C(c1ccc(N2CCCCC2)cc1C)c1ccc(N2CCCCC2)cc1C. The van der Waals surface area contributed by atoms with Crippen LogP contribution >= 0.6 is 0 Å². The van der Waals surface area contributed by atoms with Crippen LogP contribution in [0.15, 0.2) is 43.0 Å². The van der Waals surface area contributed by atoms with Gasteiger partial charge in [0.05, 0.1) is 0 Å². The second-order valence-electron chi connectivity index (χ2n) is 8.57. The zero-order chi connectivity index (χ0) is 19.5. The monoisotopic (exact) mass is 374 g/mol. The van der Waals surface area contributed by atoms with Crippen molar-refractivity contribution in [2.45, 2.75) is 52.4 Å². The van der Waals surface area contributed by atoms with Gasteiger partial charge in [0.15, 0.2) is 0 Å². The van der Waals surface area contributed by atoms with Gasteiger partial charge in [-0.1, -0.05) is 18.7 Å². The molecule has 28 heavy (non-hydrogen) atoms. The van der Waals surface area contributed by atoms with Crippen molar-refractivity contribution in [1.29, 1.82) is 0 Å². The third-order valence-electron chi connectivity index (χ3n) is 6.51. The minimum absolute atomic E-state index is 1.14. The summed E-state index contributed by atoms with van der Waals surface area (Å²) < 4.78 is 0. The molecule has 2 heterocycles. The molecule has 0 spiro atoms. The molecule has 0 amide bonds. The van der Waals surface area contributed by atoms with E-state index in [0.29, 0.717) is 0 Å². The zero-order valence-corrected chi connectivity index (χ0v) is 17.6. The molecule has 2 fully saturated rings. The number of rotatable bonds is 4. The van der Waals surface area contributed by atoms with Crippen molar-refractivity contribution in [3.63, 3.8) is 0 Å². The highest BCUT2D eigenvalue weighted by Gasteiger charge is 2.16. The molecule has 0 atom stereocenters. The van der Waals surface area contributed by atoms with Crippen molar-refractivity contribution in [2.75, 3.05) is 36.0 Å². The molecule has 148 valence electrons. The zero-order valence-electron chi connectivity index (χ0n) is 17.6. The van der Waals surface area contributed by atoms with Crippen molar-refractivity contribution >= 4 is 16.9 Å². The Bertz CT molecular complexity index is 770. The number of aryl methyl sites for hydroxylation is 2. The van der Waals surface area contributed by atoms with E-state index in [1.165, 1.54) is 98.3 Å². The Morgan fingerprint density at radius 3 is 1.39 bits per heavy atom. The van der Waals surface area contributed by atoms with Crippen LogP contribution in [0.3, 0.4) is 0 Å². The number of nitrogens with zero attached hydrogens (tertiary/aromatic N) is 2. The van der Waals surface area contributed by atoms with Gasteiger partial charge < -0.3 is 9.80 Å². The van der Waals surface area contributed by atoms with Gasteiger partial charge in [0, 0.05) is 37.6 Å². The number of hydrogen-bond acceptors (Lipinski definition) is 2. The fourth-order valence-electron chi connectivity index (χ4n) is 4.82. The molecule has 0 unspecified atom stereocenters. The Balaban J connectivity index is 1.55. The third-order valence-corrected chi connectivity index (χ3v) is 6.51. The first-order valence-corrected chi connectivity index (χ1v) is 11.0. The van der Waals surface area contributed by atoms with Crippen LogP contribution < -0.4 is 9.80 Å². The normalized spacial score (nSPS) is 17.6. The molecular formula is C26H34N2. The van der Waals surface area contributed by atoms with E-state index in [0.717, 1.165) is 5.57 Å². The van der Waals surface area contributed by atoms with Gasteiger partial charge in [-0.3, -0.25) is 0 Å². The molecule has 2 nitrogen and oxygen atoms in total. The average Bonchev–Trinajstić information content (AvgIpc) is 2.74. The van der Waals surface area contributed by atoms with Crippen LogP contribution in [0, 0.1) is 13.8 Å². The highest BCUT2D eigenvalue weighted by atomic mass is 15.1. The lowest BCUT2D eigenvalue weighted by molar-refractivity contribution is 0.578. The number of benzene rings is 2. The maximum absolute atomic E-state index is 4.47. The van der Waals surface area contributed by atoms with Crippen LogP contribution in [-0.4, -0.2) is 26.2 Å². The second-order valence-corrected chi connectivity index (χ2v) is 8.57. The summed E-state index contributed by atoms with van der Waals surface area (Å²) in [5.74, 6) is 0. The molecule has 0 bridgehead atoms. The minimum Gasteiger partial charge on any atom is -0.372 e. The highest BCUT2D eigenvalue weighted by molar-refractivity contribution is 5.83. The van der Waals surface area contributed by atoms with Gasteiger partial charge in [-0.15, -0.1) is 0 Å². The molecule has 0 saturated carbocycles. The summed E-state index contributed by atoms with van der Waals surface area (Å²) in [6.07, 6.45) is 8.01. The van der Waals surface area contributed by atoms with Gasteiger partial charge in [0.2, 0.25) is 0 Å². The minimum atomic E-state index is 1.14. The standard InChI is InChI=1S/C26H34N2/c1-20-18-23(27-14-6-4-7-15-27)10-12-25(20)22(3)26-13-11-24(19-21(26)2)28-16-8-5-9-17-28/h10-13,18-19H,3-9,14-17H2,1-2H3. The van der Waals surface area contributed by atoms with Crippen molar-refractivity contribution in [1.82, 2.24) is 0 Å². The largest absolute Gasteiger partial charge is 0.372 e. The van der Waals surface area contributed by atoms with Gasteiger partial charge in [-0.2, -0.15) is 0 Å². The van der Waals surface area contributed by atoms with E-state index < -0.39 is 0 Å². The lowest BCUT2D eigenvalue weighted by Crippen LogP contribution is -2.29. The van der Waals surface area contributed by atoms with Crippen LogP contribution in [0.25, 0.3) is 5.57 Å². The molecule has 2 saturated heterocycles. The van der Waals surface area contributed by atoms with Crippen LogP contribution in [0.5, 0.6) is 0 Å². The van der Waals surface area contributed by atoms with Crippen molar-refractivity contribution < 1.29 is 0 Å². The Morgan fingerprint density at radius 1 is 0.643 bits per heavy atom. The van der Waals surface area contributed by atoms with Gasteiger partial charge in [0.1, 0.15) is 0 Å². The smallest absolute Gasteiger partial charge is 0.0369 e. The molecule has 2 aromatic carbocycles. The first kappa shape index (κ1) is 19.1. The summed E-state index contributed by atoms with van der Waals surface area (Å²) in [6.45, 7) is 13.7. The fraction of sp³-hybridized carbons (Fsp3) is 0.462. The van der Waals surface area contributed by atoms with Gasteiger partial charge >= 0.3 is 0 Å². The summed E-state index contributed by atoms with van der Waals surface area (Å²) >= 11 is 0. The molecule has 0 aliphatic carbocycles.